The number of rotatable bonds is 5. The number of hydrogen-bond donors (Lipinski definition) is 0. The molecule has 130 valence electrons. The quantitative estimate of drug-likeness (QED) is 0.412. The van der Waals surface area contributed by atoms with Crippen molar-refractivity contribution in [3.05, 3.63) is 83.6 Å². The third-order valence-corrected chi connectivity index (χ3v) is 4.34. The Hall–Kier alpha value is -3.07. The molecule has 0 saturated carbocycles. The Kier molecular flexibility index (Phi) is 5.69. The van der Waals surface area contributed by atoms with Gasteiger partial charge in [-0.1, -0.05) is 54.6 Å². The summed E-state index contributed by atoms with van der Waals surface area (Å²) in [5.74, 6) is 0. The van der Waals surface area contributed by atoms with Gasteiger partial charge in [0.15, 0.2) is 0 Å². The molecule has 0 spiro atoms. The summed E-state index contributed by atoms with van der Waals surface area (Å²) < 4.78 is 0. The fourth-order valence-electron chi connectivity index (χ4n) is 3.00. The predicted octanol–water partition coefficient (Wildman–Crippen LogP) is 5.31. The minimum absolute atomic E-state index is 0.867. The maximum atomic E-state index is 4.88. The van der Waals surface area contributed by atoms with Crippen LogP contribution < -0.4 is 0 Å². The smallest absolute Gasteiger partial charge is 0.109 e. The monoisotopic (exact) mass is 341 g/mol. The first-order valence-electron chi connectivity index (χ1n) is 8.78. The number of nitrogens with zero attached hydrogens (tertiary/aromatic N) is 3. The molecule has 1 aliphatic carbocycles. The van der Waals surface area contributed by atoms with Crippen LogP contribution in [0.3, 0.4) is 0 Å². The second-order valence-corrected chi connectivity index (χ2v) is 6.10. The highest BCUT2D eigenvalue weighted by atomic mass is 14.8. The molecule has 3 heteroatoms. The third-order valence-electron chi connectivity index (χ3n) is 4.34. The normalized spacial score (nSPS) is 15.0. The Bertz CT molecular complexity index is 929. The first kappa shape index (κ1) is 17.7. The lowest BCUT2D eigenvalue weighted by atomic mass is 9.99. The zero-order valence-electron chi connectivity index (χ0n) is 15.5. The van der Waals surface area contributed by atoms with E-state index in [0.29, 0.717) is 0 Å². The van der Waals surface area contributed by atoms with E-state index in [4.69, 9.17) is 4.98 Å². The van der Waals surface area contributed by atoms with Crippen molar-refractivity contribution >= 4 is 17.6 Å². The van der Waals surface area contributed by atoms with Crippen molar-refractivity contribution < 1.29 is 0 Å². The van der Waals surface area contributed by atoms with Crippen LogP contribution in [0, 0.1) is 0 Å². The molecule has 26 heavy (non-hydrogen) atoms. The topological polar surface area (TPSA) is 37.6 Å². The summed E-state index contributed by atoms with van der Waals surface area (Å²) in [5.41, 5.74) is 7.87. The Labute approximate surface area is 155 Å². The first-order chi connectivity index (χ1) is 12.7. The molecule has 0 unspecified atom stereocenters. The van der Waals surface area contributed by atoms with E-state index in [0.717, 1.165) is 29.1 Å². The third kappa shape index (κ3) is 3.94. The average Bonchev–Trinajstić information content (AvgIpc) is 3.11. The van der Waals surface area contributed by atoms with Gasteiger partial charge in [-0.25, -0.2) is 4.99 Å². The highest BCUT2D eigenvalue weighted by Crippen LogP contribution is 2.34. The van der Waals surface area contributed by atoms with Crippen molar-refractivity contribution in [1.82, 2.24) is 4.98 Å². The number of aliphatic imine (C=N–C) groups is 2. The minimum atomic E-state index is 0.867. The first-order valence-corrected chi connectivity index (χ1v) is 8.78. The minimum Gasteiger partial charge on any atom is -0.277 e. The zero-order valence-corrected chi connectivity index (χ0v) is 15.5. The van der Waals surface area contributed by atoms with Crippen LogP contribution in [0.25, 0.3) is 16.8 Å². The van der Waals surface area contributed by atoms with Crippen LogP contribution in [-0.4, -0.2) is 24.1 Å². The molecule has 0 fully saturated rings. The lowest BCUT2D eigenvalue weighted by Gasteiger charge is -2.09. The van der Waals surface area contributed by atoms with Gasteiger partial charge in [-0.05, 0) is 37.1 Å². The maximum absolute atomic E-state index is 4.88. The van der Waals surface area contributed by atoms with Gasteiger partial charge < -0.3 is 0 Å². The SMILES string of the molecule is C/C=C(\C=C/C(C)=NC=NC)C1=CCc2nc(-c3ccccc3)ccc21. The molecule has 0 N–H and O–H groups in total. The summed E-state index contributed by atoms with van der Waals surface area (Å²) in [6, 6.07) is 14.6. The van der Waals surface area contributed by atoms with Gasteiger partial charge in [-0.3, -0.25) is 9.98 Å². The van der Waals surface area contributed by atoms with Gasteiger partial charge in [0.05, 0.1) is 11.4 Å². The van der Waals surface area contributed by atoms with Crippen LogP contribution >= 0.6 is 0 Å². The van der Waals surface area contributed by atoms with Crippen LogP contribution in [0.1, 0.15) is 25.1 Å². The van der Waals surface area contributed by atoms with E-state index in [1.165, 1.54) is 16.7 Å². The van der Waals surface area contributed by atoms with Crippen LogP contribution in [0.5, 0.6) is 0 Å². The average molecular weight is 341 g/mol. The molecule has 0 aliphatic heterocycles. The number of allylic oxidation sites excluding steroid dienone is 6. The lowest BCUT2D eigenvalue weighted by Crippen LogP contribution is -1.94. The zero-order chi connectivity index (χ0) is 18.4. The van der Waals surface area contributed by atoms with Gasteiger partial charge >= 0.3 is 0 Å². The number of fused-ring (bicyclic) bond motifs is 1. The molecule has 1 aliphatic rings. The summed E-state index contributed by atoms with van der Waals surface area (Å²) in [5, 5.41) is 0. The van der Waals surface area contributed by atoms with Gasteiger partial charge in [-0.2, -0.15) is 0 Å². The molecule has 1 aromatic heterocycles. The molecule has 0 saturated heterocycles. The second kappa shape index (κ2) is 8.34. The predicted molar refractivity (Wildman–Crippen MR) is 112 cm³/mol. The van der Waals surface area contributed by atoms with Crippen LogP contribution in [0.2, 0.25) is 0 Å². The Morgan fingerprint density at radius 2 is 1.88 bits per heavy atom. The van der Waals surface area contributed by atoms with E-state index in [-0.39, 0.29) is 0 Å². The van der Waals surface area contributed by atoms with Crippen molar-refractivity contribution in [3.63, 3.8) is 0 Å². The highest BCUT2D eigenvalue weighted by molar-refractivity contribution is 5.98. The molecule has 0 radical (unpaired) electrons. The van der Waals surface area contributed by atoms with Crippen LogP contribution in [-0.2, 0) is 6.42 Å². The number of hydrogen-bond acceptors (Lipinski definition) is 2. The molecule has 2 aromatic rings. The standard InChI is InChI=1S/C23H23N3/c1-4-18(11-10-17(2)25-16-24-3)20-12-15-23-21(20)13-14-22(26-23)19-8-6-5-7-9-19/h4-14,16H,15H2,1-3H3/b11-10-,18-4+,24-16?,25-17?. The number of aromatic nitrogens is 1. The summed E-state index contributed by atoms with van der Waals surface area (Å²) in [7, 11) is 1.72. The maximum Gasteiger partial charge on any atom is 0.109 e. The Balaban J connectivity index is 1.85. The van der Waals surface area contributed by atoms with E-state index in [1.54, 1.807) is 13.4 Å². The summed E-state index contributed by atoms with van der Waals surface area (Å²) >= 11 is 0. The number of pyridine rings is 1. The van der Waals surface area contributed by atoms with E-state index in [1.807, 2.05) is 31.2 Å². The van der Waals surface area contributed by atoms with Crippen LogP contribution in [0.15, 0.2) is 82.3 Å². The molecule has 0 atom stereocenters. The van der Waals surface area contributed by atoms with Crippen molar-refractivity contribution in [2.24, 2.45) is 9.98 Å². The molecular formula is C23H23N3. The summed E-state index contributed by atoms with van der Waals surface area (Å²) in [4.78, 5) is 13.0. The van der Waals surface area contributed by atoms with Crippen molar-refractivity contribution in [1.29, 1.82) is 0 Å². The molecule has 3 nitrogen and oxygen atoms in total. The lowest BCUT2D eigenvalue weighted by molar-refractivity contribution is 1.13. The van der Waals surface area contributed by atoms with Gasteiger partial charge in [-0.15, -0.1) is 0 Å². The van der Waals surface area contributed by atoms with E-state index in [9.17, 15) is 0 Å². The van der Waals surface area contributed by atoms with Crippen molar-refractivity contribution in [3.8, 4) is 11.3 Å². The Morgan fingerprint density at radius 3 is 2.62 bits per heavy atom. The van der Waals surface area contributed by atoms with Gasteiger partial charge in [0.1, 0.15) is 6.34 Å². The molecule has 0 bridgehead atoms. The van der Waals surface area contributed by atoms with Gasteiger partial charge in [0, 0.05) is 30.3 Å². The summed E-state index contributed by atoms with van der Waals surface area (Å²) in [6.07, 6.45) is 10.9. The largest absolute Gasteiger partial charge is 0.277 e. The molecular weight excluding hydrogens is 318 g/mol. The fraction of sp³-hybridized carbons (Fsp3) is 0.174. The fourth-order valence-corrected chi connectivity index (χ4v) is 3.00. The summed E-state index contributed by atoms with van der Waals surface area (Å²) in [6.45, 7) is 4.03. The molecule has 3 rings (SSSR count). The van der Waals surface area contributed by atoms with Gasteiger partial charge in [0.25, 0.3) is 0 Å². The Morgan fingerprint density at radius 1 is 1.08 bits per heavy atom. The van der Waals surface area contributed by atoms with Crippen LogP contribution in [0.4, 0.5) is 0 Å². The molecule has 1 aromatic carbocycles. The van der Waals surface area contributed by atoms with Gasteiger partial charge in [0.2, 0.25) is 0 Å². The molecule has 0 amide bonds. The molecule has 1 heterocycles. The number of benzene rings is 1. The van der Waals surface area contributed by atoms with Crippen molar-refractivity contribution in [2.75, 3.05) is 7.05 Å². The van der Waals surface area contributed by atoms with E-state index < -0.39 is 0 Å². The van der Waals surface area contributed by atoms with E-state index >= 15 is 0 Å². The van der Waals surface area contributed by atoms with Crippen molar-refractivity contribution in [2.45, 2.75) is 20.3 Å². The van der Waals surface area contributed by atoms with E-state index in [2.05, 4.69) is 59.4 Å². The highest BCUT2D eigenvalue weighted by Gasteiger charge is 2.18. The second-order valence-electron chi connectivity index (χ2n) is 6.10.